The largest absolute Gasteiger partial charge is 0.454 e. The van der Waals surface area contributed by atoms with E-state index in [9.17, 15) is 18.0 Å². The maximum absolute atomic E-state index is 13.0. The summed E-state index contributed by atoms with van der Waals surface area (Å²) in [6.07, 6.45) is -4.86. The number of rotatable bonds is 7. The highest BCUT2D eigenvalue weighted by molar-refractivity contribution is 9.10. The topological polar surface area (TPSA) is 51.3 Å². The lowest BCUT2D eigenvalue weighted by Crippen LogP contribution is -2.23. The number of Topliss-reactive ketones (excluding diaryl/α,β-unsaturated/α-hetero) is 1. The molecule has 1 aromatic carbocycles. The van der Waals surface area contributed by atoms with Crippen molar-refractivity contribution in [3.05, 3.63) is 33.9 Å². The van der Waals surface area contributed by atoms with Gasteiger partial charge in [-0.3, -0.25) is 4.79 Å². The Balaban J connectivity index is 2.52. The molecule has 1 aromatic heterocycles. The molecule has 0 bridgehead atoms. The van der Waals surface area contributed by atoms with Crippen molar-refractivity contribution in [1.29, 1.82) is 0 Å². The quantitative estimate of drug-likeness (QED) is 0.466. The highest BCUT2D eigenvalue weighted by Gasteiger charge is 2.42. The minimum atomic E-state index is -4.95. The number of carbonyl (C=O) groups excluding carboxylic acids is 1. The van der Waals surface area contributed by atoms with Gasteiger partial charge in [0.25, 0.3) is 5.78 Å². The number of hydrogen-bond donors (Lipinski definition) is 1. The van der Waals surface area contributed by atoms with Crippen LogP contribution in [0.2, 0.25) is 0 Å². The molecule has 2 rings (SSSR count). The molecule has 0 aliphatic carbocycles. The Kier molecular flexibility index (Phi) is 6.42. The molecular weight excluding hydrogens is 410 g/mol. The normalized spacial score (nSPS) is 12.3. The van der Waals surface area contributed by atoms with E-state index in [1.807, 2.05) is 0 Å². The summed E-state index contributed by atoms with van der Waals surface area (Å²) in [5, 5.41) is 0.235. The molecule has 1 N–H and O–H groups in total. The summed E-state index contributed by atoms with van der Waals surface area (Å²) >= 11 is 3.27. The van der Waals surface area contributed by atoms with Crippen LogP contribution in [0.15, 0.2) is 22.7 Å². The van der Waals surface area contributed by atoms with Crippen LogP contribution in [0.25, 0.3) is 10.9 Å². The molecule has 0 aliphatic heterocycles. The molecule has 132 valence electrons. The number of H-pyrrole nitrogens is 1. The first kappa shape index (κ1) is 19.4. The Morgan fingerprint density at radius 3 is 2.42 bits per heavy atom. The third-order valence-electron chi connectivity index (χ3n) is 3.16. The van der Waals surface area contributed by atoms with Crippen molar-refractivity contribution in [2.24, 2.45) is 0 Å². The molecule has 0 saturated carbocycles. The number of aromatic amines is 1. The number of halogens is 4. The van der Waals surface area contributed by atoms with E-state index >= 15 is 0 Å². The monoisotopic (exact) mass is 425 g/mol. The number of nitrogens with one attached hydrogen (secondary N) is 1. The summed E-state index contributed by atoms with van der Waals surface area (Å²) in [4.78, 5) is 14.8. The molecule has 0 fully saturated rings. The van der Waals surface area contributed by atoms with Crippen LogP contribution in [0.4, 0.5) is 13.2 Å². The van der Waals surface area contributed by atoms with Gasteiger partial charge in [-0.25, -0.2) is 0 Å². The van der Waals surface area contributed by atoms with Gasteiger partial charge < -0.3 is 14.0 Å². The van der Waals surface area contributed by atoms with Crippen molar-refractivity contribution >= 4 is 41.0 Å². The molecule has 24 heavy (non-hydrogen) atoms. The molecule has 0 spiro atoms. The minimum absolute atomic E-state index is 0.0838. The molecule has 0 radical (unpaired) electrons. The molecule has 4 nitrogen and oxygen atoms in total. The summed E-state index contributed by atoms with van der Waals surface area (Å²) < 4.78 is 50.6. The van der Waals surface area contributed by atoms with Crippen LogP contribution in [-0.2, 0) is 15.2 Å². The van der Waals surface area contributed by atoms with Gasteiger partial charge >= 0.3 is 6.18 Å². The summed E-state index contributed by atoms with van der Waals surface area (Å²) in [7, 11) is -1.42. The van der Waals surface area contributed by atoms with E-state index in [0.29, 0.717) is 23.2 Å². The fourth-order valence-corrected chi connectivity index (χ4v) is 3.98. The number of carbonyl (C=O) groups is 1. The average molecular weight is 426 g/mol. The van der Waals surface area contributed by atoms with Crippen LogP contribution < -0.4 is 0 Å². The number of aromatic nitrogens is 1. The zero-order chi connectivity index (χ0) is 17.9. The van der Waals surface area contributed by atoms with E-state index in [2.05, 4.69) is 20.9 Å². The summed E-state index contributed by atoms with van der Waals surface area (Å²) in [6, 6.07) is 4.72. The van der Waals surface area contributed by atoms with E-state index in [0.717, 1.165) is 0 Å². The summed E-state index contributed by atoms with van der Waals surface area (Å²) in [5.74, 6) is -1.87. The van der Waals surface area contributed by atoms with Crippen molar-refractivity contribution in [1.82, 2.24) is 4.98 Å². The van der Waals surface area contributed by atoms with Gasteiger partial charge in [0.15, 0.2) is 8.38 Å². The van der Waals surface area contributed by atoms with Crippen molar-refractivity contribution in [3.63, 3.8) is 0 Å². The second-order valence-corrected chi connectivity index (χ2v) is 7.24. The summed E-state index contributed by atoms with van der Waals surface area (Å²) in [5.41, 5.74) is 0.269. The Labute approximate surface area is 146 Å². The molecule has 9 heteroatoms. The van der Waals surface area contributed by atoms with Gasteiger partial charge in [0.05, 0.1) is 24.9 Å². The third-order valence-corrected chi connectivity index (χ3v) is 5.32. The molecule has 0 unspecified atom stereocenters. The maximum Gasteiger partial charge on any atom is 0.454 e. The number of hydrogen-bond acceptors (Lipinski definition) is 3. The minimum Gasteiger partial charge on any atom is -0.357 e. The van der Waals surface area contributed by atoms with Gasteiger partial charge in [0, 0.05) is 21.1 Å². The molecule has 1 heterocycles. The zero-order valence-electron chi connectivity index (χ0n) is 13.0. The molecule has 0 saturated heterocycles. The Morgan fingerprint density at radius 1 is 1.25 bits per heavy atom. The van der Waals surface area contributed by atoms with Crippen LogP contribution in [0, 0.1) is 0 Å². The van der Waals surface area contributed by atoms with Gasteiger partial charge in [-0.15, -0.1) is 0 Å². The predicted octanol–water partition coefficient (Wildman–Crippen LogP) is 5.56. The molecule has 0 aliphatic rings. The number of ketones is 1. The maximum atomic E-state index is 13.0. The van der Waals surface area contributed by atoms with Crippen LogP contribution in [0.5, 0.6) is 0 Å². The Hall–Kier alpha value is -0.950. The molecule has 2 aromatic rings. The fraction of sp³-hybridized carbons (Fsp3) is 0.400. The van der Waals surface area contributed by atoms with Crippen molar-refractivity contribution in [2.45, 2.75) is 26.2 Å². The molecular formula is C15H16BrF3NO3P. The predicted molar refractivity (Wildman–Crippen MR) is 90.3 cm³/mol. The smallest absolute Gasteiger partial charge is 0.357 e. The number of benzene rings is 1. The second-order valence-electron chi connectivity index (χ2n) is 4.82. The summed E-state index contributed by atoms with van der Waals surface area (Å²) in [6.45, 7) is 4.30. The highest BCUT2D eigenvalue weighted by atomic mass is 79.9. The van der Waals surface area contributed by atoms with Crippen molar-refractivity contribution in [3.8, 4) is 0 Å². The fourth-order valence-electron chi connectivity index (χ4n) is 2.29. The zero-order valence-corrected chi connectivity index (χ0v) is 15.5. The van der Waals surface area contributed by atoms with Gasteiger partial charge in [-0.1, -0.05) is 22.0 Å². The molecule has 0 atom stereocenters. The van der Waals surface area contributed by atoms with Gasteiger partial charge in [-0.05, 0) is 26.0 Å². The number of alkyl halides is 3. The van der Waals surface area contributed by atoms with E-state index in [1.54, 1.807) is 26.0 Å². The first-order chi connectivity index (χ1) is 11.3. The third kappa shape index (κ3) is 4.36. The first-order valence-corrected chi connectivity index (χ1v) is 9.38. The lowest BCUT2D eigenvalue weighted by atomic mass is 10.1. The lowest BCUT2D eigenvalue weighted by molar-refractivity contribution is -0.0884. The van der Waals surface area contributed by atoms with E-state index < -0.39 is 20.3 Å². The van der Waals surface area contributed by atoms with E-state index in [1.165, 1.54) is 6.07 Å². The Morgan fingerprint density at radius 2 is 1.88 bits per heavy atom. The van der Waals surface area contributed by atoms with E-state index in [4.69, 9.17) is 9.05 Å². The standard InChI is InChI=1S/C15H16BrF3NO3P/c1-3-22-24(23-4-2)8-12-13(14(21)15(17,18)19)10-6-5-9(16)7-11(10)20-12/h5-7,20H,3-4,8H2,1-2H3. The Bertz CT molecular complexity index is 727. The molecule has 0 amide bonds. The number of fused-ring (bicyclic) bond motifs is 1. The van der Waals surface area contributed by atoms with Crippen LogP contribution in [0.1, 0.15) is 29.9 Å². The van der Waals surface area contributed by atoms with Crippen LogP contribution in [-0.4, -0.2) is 30.2 Å². The second kappa shape index (κ2) is 7.95. The van der Waals surface area contributed by atoms with Crippen LogP contribution >= 0.6 is 24.3 Å². The van der Waals surface area contributed by atoms with Gasteiger partial charge in [0.2, 0.25) is 0 Å². The SMILES string of the molecule is CCOP(Cc1[nH]c2cc(Br)ccc2c1C(=O)C(F)(F)F)OCC. The van der Waals surface area contributed by atoms with Gasteiger partial charge in [0.1, 0.15) is 0 Å². The van der Waals surface area contributed by atoms with Crippen LogP contribution in [0.3, 0.4) is 0 Å². The van der Waals surface area contributed by atoms with E-state index in [-0.39, 0.29) is 22.8 Å². The first-order valence-electron chi connectivity index (χ1n) is 7.22. The average Bonchev–Trinajstić information content (AvgIpc) is 2.82. The highest BCUT2D eigenvalue weighted by Crippen LogP contribution is 2.44. The van der Waals surface area contributed by atoms with Crippen molar-refractivity contribution in [2.75, 3.05) is 13.2 Å². The van der Waals surface area contributed by atoms with Gasteiger partial charge in [-0.2, -0.15) is 13.2 Å². The van der Waals surface area contributed by atoms with Crippen molar-refractivity contribution < 1.29 is 27.0 Å². The lowest BCUT2D eigenvalue weighted by Gasteiger charge is -2.16.